The van der Waals surface area contributed by atoms with Gasteiger partial charge >= 0.3 is 29.8 Å². The third kappa shape index (κ3) is 30.1. The molecule has 6 N–H and O–H groups in total. The maximum atomic E-state index is 12.3. The summed E-state index contributed by atoms with van der Waals surface area (Å²) < 4.78 is 24.0. The van der Waals surface area contributed by atoms with Crippen molar-refractivity contribution in [2.24, 2.45) is 35.3 Å². The minimum atomic E-state index is -0.836. The van der Waals surface area contributed by atoms with Crippen molar-refractivity contribution < 1.29 is 52.8 Å². The third-order valence-electron chi connectivity index (χ3n) is 21.0. The summed E-state index contributed by atoms with van der Waals surface area (Å²) in [4.78, 5) is 126. The number of hydrogen-bond donors (Lipinski definition) is 4. The Hall–Kier alpha value is -10.0. The van der Waals surface area contributed by atoms with Crippen molar-refractivity contribution in [1.82, 2.24) is 69.8 Å². The van der Waals surface area contributed by atoms with Crippen LogP contribution in [-0.4, -0.2) is 197 Å². The Morgan fingerprint density at radius 1 is 0.429 bits per heavy atom. The van der Waals surface area contributed by atoms with Crippen LogP contribution < -0.4 is 36.2 Å². The Balaban J connectivity index is 0.000000229. The lowest BCUT2D eigenvalue weighted by Gasteiger charge is -2.31. The molecule has 5 atom stereocenters. The second-order valence-corrected chi connectivity index (χ2v) is 32.9. The molecule has 36 heteroatoms. The van der Waals surface area contributed by atoms with Gasteiger partial charge in [0.15, 0.2) is 11.6 Å². The number of pyridine rings is 4. The van der Waals surface area contributed by atoms with E-state index in [0.717, 1.165) is 187 Å². The molecule has 14 rings (SSSR count). The number of carboxylic acid groups (broad SMARTS) is 1. The predicted octanol–water partition coefficient (Wildman–Crippen LogP) is 15.2. The SMILES string of the molecule is CC(C)C(C(=O)O)N(C)c1nc(-c2ccccn2)nc2c1CCC2.CI.COC(=O)C(C(C)C)N(C)c1nc(-c2ccccn2)nc2c1CCC2.COC(=O)C(C(C)C)N(C)c1nc(Cl)nc2c1CCC2.COC(=O)C(N)C(C)C.COC(=O)C(Nc1nc(Cl)nc2c1CCC2)C(C)C.COc1ccc(N)nc1.Cc1ccccn1.Clc1nc(Cl)c2c(n1)CCC2. The molecule has 0 aliphatic heterocycles. The molecule has 0 saturated carbocycles. The van der Waals surface area contributed by atoms with Crippen LogP contribution in [0.5, 0.6) is 5.75 Å². The number of halogens is 5. The molecule has 5 aliphatic rings. The summed E-state index contributed by atoms with van der Waals surface area (Å²) in [5.74, 6) is 3.80. The number of likely N-dealkylation sites (N-methyl/N-ethyl adjacent to an activating group) is 3. The molecule has 9 aromatic heterocycles. The first-order valence-electron chi connectivity index (χ1n) is 41.8. The van der Waals surface area contributed by atoms with Crippen molar-refractivity contribution in [3.05, 3.63) is 175 Å². The molecule has 31 nitrogen and oxygen atoms in total. The van der Waals surface area contributed by atoms with Gasteiger partial charge in [0.1, 0.15) is 81.6 Å². The van der Waals surface area contributed by atoms with Gasteiger partial charge in [0.2, 0.25) is 15.9 Å². The van der Waals surface area contributed by atoms with Gasteiger partial charge in [-0.2, -0.15) is 0 Å². The number of alkyl halides is 1. The second-order valence-electron chi connectivity index (χ2n) is 31.6. The minimum absolute atomic E-state index is 0.0298. The number of ether oxygens (including phenoxy) is 5. The lowest BCUT2D eigenvalue weighted by atomic mass is 10.0. The summed E-state index contributed by atoms with van der Waals surface area (Å²) in [7, 11) is 12.7. The molecule has 9 aromatic rings. The quantitative estimate of drug-likeness (QED) is 0.0130. The van der Waals surface area contributed by atoms with E-state index in [1.54, 1.807) is 48.9 Å². The van der Waals surface area contributed by atoms with Crippen LogP contribution in [0.2, 0.25) is 21.0 Å². The molecule has 9 heterocycles. The highest BCUT2D eigenvalue weighted by molar-refractivity contribution is 14.1. The molecular formula is C90H121Cl4IN20O11. The number of hydrogen-bond acceptors (Lipinski definition) is 30. The fourth-order valence-electron chi connectivity index (χ4n) is 14.6. The van der Waals surface area contributed by atoms with Crippen molar-refractivity contribution in [3.8, 4) is 28.8 Å². The highest BCUT2D eigenvalue weighted by Crippen LogP contribution is 2.37. The zero-order chi connectivity index (χ0) is 93.2. The lowest BCUT2D eigenvalue weighted by Crippen LogP contribution is -2.44. The summed E-state index contributed by atoms with van der Waals surface area (Å²) in [6.07, 6.45) is 21.4. The maximum Gasteiger partial charge on any atom is 0.328 e. The molecule has 5 aliphatic carbocycles. The first-order valence-corrected chi connectivity index (χ1v) is 45.4. The second kappa shape index (κ2) is 52.3. The van der Waals surface area contributed by atoms with E-state index in [1.165, 1.54) is 28.4 Å². The van der Waals surface area contributed by atoms with Crippen LogP contribution in [0.25, 0.3) is 23.0 Å². The van der Waals surface area contributed by atoms with Crippen LogP contribution in [0.1, 0.15) is 163 Å². The van der Waals surface area contributed by atoms with E-state index in [9.17, 15) is 29.1 Å². The number of nitrogen functional groups attached to an aromatic ring is 1. The number of fused-ring (bicyclic) bond motifs is 5. The van der Waals surface area contributed by atoms with E-state index in [1.807, 2.05) is 167 Å². The first-order chi connectivity index (χ1) is 60.1. The van der Waals surface area contributed by atoms with Gasteiger partial charge < -0.3 is 60.3 Å². The normalized spacial score (nSPS) is 13.7. The van der Waals surface area contributed by atoms with Gasteiger partial charge in [-0.3, -0.25) is 19.7 Å². The monoisotopic (exact) mass is 1920 g/mol. The van der Waals surface area contributed by atoms with Crippen LogP contribution in [0.3, 0.4) is 0 Å². The number of esters is 4. The highest BCUT2D eigenvalue weighted by atomic mass is 127. The average molecular weight is 1930 g/mol. The third-order valence-corrected chi connectivity index (χ3v) is 21.8. The standard InChI is InChI=1S/C19H24N4O2.C18H22N4O2.C14H20ClN3O2.C13H18ClN3O2.C7H6Cl2N2.C6H8N2O.C6H13NO2.C6H7N.CH3I/c1-12(2)16(19(24)25-4)23(3)18-13-8-7-10-14(13)21-17(22-18)15-9-5-6-11-20-15;1-11(2)15(18(23)24)22(3)17-12-7-6-9-13(12)20-16(21-17)14-8-4-5-10-19-14;1-8(2)11(13(19)20-4)18(3)12-9-6-5-7-10(9)16-14(15)17-12;1-7(2)10(12(18)19-3)16-11-8-5-4-6-9(8)15-13(14)17-11;8-6-4-2-1-3-5(4)10-7(9)11-6;1-9-5-2-3-6(7)8-4-5;1-4(2)5(7)6(8)9-3;1-6-4-2-3-5-7-6;1-2/h5-6,9,11-12,16H,7-8,10H2,1-4H3;4-5,8,10-11,15H,6-7,9H2,1-3H3,(H,23,24);8,11H,5-7H2,1-4H3;7,10H,4-6H2,1-3H3,(H,15,16,17);1-3H2;2-4H,1H3,(H2,7,8);4-5H,7H2,1-3H3;2-5H,1H3;1H3. The van der Waals surface area contributed by atoms with Crippen molar-refractivity contribution in [3.63, 3.8) is 0 Å². The summed E-state index contributed by atoms with van der Waals surface area (Å²) in [6.45, 7) is 21.5. The number of rotatable bonds is 21. The van der Waals surface area contributed by atoms with Crippen LogP contribution in [0.15, 0.2) is 91.5 Å². The number of aromatic nitrogens is 14. The number of aryl methyl sites for hydroxylation is 6. The number of carbonyl (C=O) groups excluding carboxylic acids is 4. The molecule has 682 valence electrons. The van der Waals surface area contributed by atoms with E-state index < -0.39 is 24.1 Å². The number of nitrogens with zero attached hydrogens (tertiary/aromatic N) is 17. The zero-order valence-corrected chi connectivity index (χ0v) is 80.9. The van der Waals surface area contributed by atoms with Gasteiger partial charge in [0.05, 0.1) is 58.8 Å². The van der Waals surface area contributed by atoms with E-state index in [0.29, 0.717) is 34.1 Å². The van der Waals surface area contributed by atoms with Gasteiger partial charge in [0, 0.05) is 84.6 Å². The number of carbonyl (C=O) groups is 5. The lowest BCUT2D eigenvalue weighted by molar-refractivity contribution is -0.144. The number of aliphatic carboxylic acids is 1. The smallest absolute Gasteiger partial charge is 0.328 e. The van der Waals surface area contributed by atoms with Crippen molar-refractivity contribution >= 4 is 128 Å². The highest BCUT2D eigenvalue weighted by Gasteiger charge is 2.36. The predicted molar refractivity (Wildman–Crippen MR) is 503 cm³/mol. The number of anilines is 5. The molecule has 126 heavy (non-hydrogen) atoms. The largest absolute Gasteiger partial charge is 0.495 e. The summed E-state index contributed by atoms with van der Waals surface area (Å²) in [5, 5.41) is 14.0. The number of nitrogens with two attached hydrogens (primary N) is 2. The Bertz CT molecular complexity index is 4980. The number of carboxylic acids is 1. The van der Waals surface area contributed by atoms with Crippen molar-refractivity contribution in [1.29, 1.82) is 0 Å². The van der Waals surface area contributed by atoms with Crippen molar-refractivity contribution in [2.45, 2.75) is 203 Å². The summed E-state index contributed by atoms with van der Waals surface area (Å²) in [5.41, 5.74) is 23.8. The molecule has 0 radical (unpaired) electrons. The maximum absolute atomic E-state index is 12.3. The van der Waals surface area contributed by atoms with Crippen LogP contribution in [0, 0.1) is 36.5 Å². The molecular weight excluding hydrogens is 1810 g/mol. The minimum Gasteiger partial charge on any atom is -0.495 e. The number of methoxy groups -OCH3 is 5. The van der Waals surface area contributed by atoms with Gasteiger partial charge in [-0.25, -0.2) is 74.0 Å². The van der Waals surface area contributed by atoms with Crippen LogP contribution in [0.4, 0.5) is 29.1 Å². The molecule has 0 bridgehead atoms. The van der Waals surface area contributed by atoms with E-state index in [2.05, 4.69) is 92.5 Å². The van der Waals surface area contributed by atoms with Gasteiger partial charge in [-0.1, -0.05) is 122 Å². The van der Waals surface area contributed by atoms with Crippen LogP contribution in [-0.2, 0) is 107 Å². The average Bonchev–Trinajstić information content (AvgIpc) is 1.51. The topological polar surface area (TPSA) is 406 Å². The molecule has 0 aromatic carbocycles. The van der Waals surface area contributed by atoms with Crippen LogP contribution >= 0.6 is 69.0 Å². The molecule has 0 saturated heterocycles. The molecule has 0 spiro atoms. The van der Waals surface area contributed by atoms with E-state index in [-0.39, 0.29) is 81.4 Å². The summed E-state index contributed by atoms with van der Waals surface area (Å²) >= 11 is 25.5. The number of nitrogens with one attached hydrogen (secondary N) is 1. The summed E-state index contributed by atoms with van der Waals surface area (Å²) in [6, 6.07) is 18.3. The fraction of sp³-hybridized carbons (Fsp3) is 0.500. The molecule has 0 amide bonds. The fourth-order valence-corrected chi connectivity index (χ4v) is 15.5. The Morgan fingerprint density at radius 3 is 1.16 bits per heavy atom. The van der Waals surface area contributed by atoms with Gasteiger partial charge in [0.25, 0.3) is 0 Å². The Kier molecular flexibility index (Phi) is 43.5. The Labute approximate surface area is 773 Å². The van der Waals surface area contributed by atoms with Crippen molar-refractivity contribution in [2.75, 3.05) is 87.4 Å². The van der Waals surface area contributed by atoms with E-state index in [4.69, 9.17) is 86.8 Å². The molecule has 5 unspecified atom stereocenters. The molecule has 0 fully saturated rings. The van der Waals surface area contributed by atoms with Gasteiger partial charge in [-0.05, 0) is 221 Å². The van der Waals surface area contributed by atoms with E-state index >= 15 is 0 Å². The first kappa shape index (κ1) is 105. The van der Waals surface area contributed by atoms with Gasteiger partial charge in [-0.15, -0.1) is 0 Å². The zero-order valence-electron chi connectivity index (χ0n) is 75.7. The Morgan fingerprint density at radius 2 is 0.810 bits per heavy atom.